The second-order valence-electron chi connectivity index (χ2n) is 9.35. The van der Waals surface area contributed by atoms with E-state index in [1.54, 1.807) is 24.4 Å². The summed E-state index contributed by atoms with van der Waals surface area (Å²) in [6.07, 6.45) is 6.97. The molecule has 4 aromatic rings. The molecule has 0 unspecified atom stereocenters. The summed E-state index contributed by atoms with van der Waals surface area (Å²) in [6.45, 7) is 11.2. The van der Waals surface area contributed by atoms with Gasteiger partial charge in [-0.05, 0) is 90.1 Å². The summed E-state index contributed by atoms with van der Waals surface area (Å²) in [6, 6.07) is 14.9. The van der Waals surface area contributed by atoms with Crippen LogP contribution in [0.5, 0.6) is 17.2 Å². The van der Waals surface area contributed by atoms with Crippen LogP contribution in [0.1, 0.15) is 50.3 Å². The van der Waals surface area contributed by atoms with Crippen molar-refractivity contribution in [3.8, 4) is 41.0 Å². The zero-order valence-electron chi connectivity index (χ0n) is 23.3. The fourth-order valence-electron chi connectivity index (χ4n) is 4.35. The Hall–Kier alpha value is -4.09. The summed E-state index contributed by atoms with van der Waals surface area (Å²) < 4.78 is 19.4. The first-order valence-electron chi connectivity index (χ1n) is 13.1. The van der Waals surface area contributed by atoms with E-state index in [1.165, 1.54) is 4.68 Å². The number of para-hydroxylation sites is 1. The third kappa shape index (κ3) is 6.05. The highest BCUT2D eigenvalue weighted by atomic mass is 79.9. The molecule has 0 spiro atoms. The molecule has 40 heavy (non-hydrogen) atoms. The number of benzene rings is 3. The Bertz CT molecular complexity index is 1670. The molecule has 0 aliphatic carbocycles. The van der Waals surface area contributed by atoms with E-state index < -0.39 is 0 Å². The number of rotatable bonds is 10. The fraction of sp³-hybridized carbons (Fsp3) is 0.281. The van der Waals surface area contributed by atoms with Gasteiger partial charge in [-0.3, -0.25) is 4.79 Å². The van der Waals surface area contributed by atoms with Crippen molar-refractivity contribution in [1.82, 2.24) is 9.66 Å². The van der Waals surface area contributed by atoms with Gasteiger partial charge in [-0.25, -0.2) is 4.98 Å². The minimum absolute atomic E-state index is 0.112. The Balaban J connectivity index is 1.92. The summed E-state index contributed by atoms with van der Waals surface area (Å²) in [5, 5.41) is 5.13. The Morgan fingerprint density at radius 1 is 1.05 bits per heavy atom. The molecule has 0 saturated carbocycles. The second-order valence-corrected chi connectivity index (χ2v) is 10.2. The van der Waals surface area contributed by atoms with Gasteiger partial charge >= 0.3 is 0 Å². The van der Waals surface area contributed by atoms with E-state index in [2.05, 4.69) is 40.8 Å². The molecule has 0 amide bonds. The van der Waals surface area contributed by atoms with E-state index in [1.807, 2.05) is 51.1 Å². The molecule has 0 radical (unpaired) electrons. The zero-order chi connectivity index (χ0) is 28.8. The standard InChI is InChI=1S/C32H32BrN3O4/c1-7-14-40-30-18-26(33)22(16-29(30)39-9-3)19-34-36-31(35-27-13-11-10-12-23(27)32(36)37)25-17-24(20(4)5)28(38-8-2)15-21(25)6/h1,10-13,15-20H,8-9,14H2,2-6H3. The van der Waals surface area contributed by atoms with Gasteiger partial charge in [0.15, 0.2) is 17.3 Å². The molecular weight excluding hydrogens is 570 g/mol. The maximum atomic E-state index is 13.8. The zero-order valence-corrected chi connectivity index (χ0v) is 24.9. The molecule has 0 fully saturated rings. The Labute approximate surface area is 242 Å². The Kier molecular flexibility index (Phi) is 9.28. The molecule has 206 valence electrons. The van der Waals surface area contributed by atoms with Crippen molar-refractivity contribution in [2.75, 3.05) is 19.8 Å². The largest absolute Gasteiger partial charge is 0.494 e. The van der Waals surface area contributed by atoms with Crippen molar-refractivity contribution in [3.05, 3.63) is 80.0 Å². The lowest BCUT2D eigenvalue weighted by Gasteiger charge is -2.18. The van der Waals surface area contributed by atoms with Gasteiger partial charge in [-0.1, -0.05) is 31.9 Å². The number of aromatic nitrogens is 2. The van der Waals surface area contributed by atoms with Gasteiger partial charge in [-0.2, -0.15) is 9.78 Å². The summed E-state index contributed by atoms with van der Waals surface area (Å²) >= 11 is 3.58. The Morgan fingerprint density at radius 3 is 2.45 bits per heavy atom. The van der Waals surface area contributed by atoms with Crippen molar-refractivity contribution in [1.29, 1.82) is 0 Å². The number of fused-ring (bicyclic) bond motifs is 1. The third-order valence-electron chi connectivity index (χ3n) is 6.26. The molecule has 0 aliphatic rings. The smallest absolute Gasteiger partial charge is 0.282 e. The molecule has 3 aromatic carbocycles. The topological polar surface area (TPSA) is 74.9 Å². The predicted octanol–water partition coefficient (Wildman–Crippen LogP) is 6.95. The predicted molar refractivity (Wildman–Crippen MR) is 164 cm³/mol. The molecule has 7 nitrogen and oxygen atoms in total. The molecule has 1 aromatic heterocycles. The molecule has 0 atom stereocenters. The van der Waals surface area contributed by atoms with Gasteiger partial charge in [-0.15, -0.1) is 6.42 Å². The molecule has 0 bridgehead atoms. The van der Waals surface area contributed by atoms with Crippen LogP contribution in [0.4, 0.5) is 0 Å². The highest BCUT2D eigenvalue weighted by molar-refractivity contribution is 9.10. The van der Waals surface area contributed by atoms with Gasteiger partial charge < -0.3 is 14.2 Å². The van der Waals surface area contributed by atoms with Crippen LogP contribution < -0.4 is 19.8 Å². The van der Waals surface area contributed by atoms with Gasteiger partial charge in [0.25, 0.3) is 5.56 Å². The lowest BCUT2D eigenvalue weighted by molar-refractivity contribution is 0.299. The van der Waals surface area contributed by atoms with Crippen LogP contribution in [0, 0.1) is 19.3 Å². The number of hydrogen-bond donors (Lipinski definition) is 0. The average molecular weight is 603 g/mol. The monoisotopic (exact) mass is 601 g/mol. The van der Waals surface area contributed by atoms with Crippen LogP contribution in [0.3, 0.4) is 0 Å². The van der Waals surface area contributed by atoms with E-state index in [4.69, 9.17) is 25.6 Å². The maximum Gasteiger partial charge on any atom is 0.282 e. The van der Waals surface area contributed by atoms with Crippen LogP contribution in [0.25, 0.3) is 22.3 Å². The lowest BCUT2D eigenvalue weighted by atomic mass is 9.96. The first-order valence-corrected chi connectivity index (χ1v) is 13.9. The van der Waals surface area contributed by atoms with Crippen LogP contribution in [-0.2, 0) is 0 Å². The fourth-order valence-corrected chi connectivity index (χ4v) is 4.77. The molecule has 0 aliphatic heterocycles. The number of aryl methyl sites for hydroxylation is 1. The highest BCUT2D eigenvalue weighted by Crippen LogP contribution is 2.35. The van der Waals surface area contributed by atoms with E-state index in [0.29, 0.717) is 51.5 Å². The number of halogens is 1. The van der Waals surface area contributed by atoms with Crippen molar-refractivity contribution in [2.45, 2.75) is 40.5 Å². The van der Waals surface area contributed by atoms with Crippen molar-refractivity contribution in [3.63, 3.8) is 0 Å². The van der Waals surface area contributed by atoms with Crippen LogP contribution in [0.2, 0.25) is 0 Å². The number of ether oxygens (including phenoxy) is 3. The lowest BCUT2D eigenvalue weighted by Crippen LogP contribution is -2.21. The first kappa shape index (κ1) is 28.9. The second kappa shape index (κ2) is 12.8. The number of terminal acetylenes is 1. The van der Waals surface area contributed by atoms with Crippen LogP contribution >= 0.6 is 15.9 Å². The van der Waals surface area contributed by atoms with Gasteiger partial charge in [0.05, 0.1) is 30.3 Å². The van der Waals surface area contributed by atoms with E-state index in [9.17, 15) is 4.79 Å². The van der Waals surface area contributed by atoms with Crippen LogP contribution in [-0.4, -0.2) is 35.7 Å². The molecular formula is C32H32BrN3O4. The molecule has 1 heterocycles. The van der Waals surface area contributed by atoms with E-state index in [0.717, 1.165) is 22.4 Å². The van der Waals surface area contributed by atoms with Crippen molar-refractivity contribution < 1.29 is 14.2 Å². The third-order valence-corrected chi connectivity index (χ3v) is 6.95. The molecule has 8 heteroatoms. The van der Waals surface area contributed by atoms with E-state index >= 15 is 0 Å². The minimum Gasteiger partial charge on any atom is -0.494 e. The summed E-state index contributed by atoms with van der Waals surface area (Å²) in [7, 11) is 0. The normalized spacial score (nSPS) is 11.2. The Morgan fingerprint density at radius 2 is 1.75 bits per heavy atom. The van der Waals surface area contributed by atoms with E-state index in [-0.39, 0.29) is 18.1 Å². The van der Waals surface area contributed by atoms with Crippen molar-refractivity contribution in [2.24, 2.45) is 5.10 Å². The SMILES string of the molecule is C#CCOc1cc(Br)c(C=Nn2c(-c3cc(C(C)C)c(OCC)cc3C)nc3ccccc3c2=O)cc1OCC. The highest BCUT2D eigenvalue weighted by Gasteiger charge is 2.19. The van der Waals surface area contributed by atoms with Gasteiger partial charge in [0, 0.05) is 15.6 Å². The molecule has 4 rings (SSSR count). The first-order chi connectivity index (χ1) is 19.3. The average Bonchev–Trinajstić information content (AvgIpc) is 2.93. The van der Waals surface area contributed by atoms with Crippen LogP contribution in [0.15, 0.2) is 62.9 Å². The number of hydrogen-bond acceptors (Lipinski definition) is 6. The number of nitrogens with zero attached hydrogens (tertiary/aromatic N) is 3. The summed E-state index contributed by atoms with van der Waals surface area (Å²) in [5.74, 6) is 4.97. The summed E-state index contributed by atoms with van der Waals surface area (Å²) in [5.41, 5.74) is 3.78. The minimum atomic E-state index is -0.272. The molecule has 0 N–H and O–H groups in total. The van der Waals surface area contributed by atoms with Gasteiger partial charge in [0.1, 0.15) is 12.4 Å². The summed E-state index contributed by atoms with van der Waals surface area (Å²) in [4.78, 5) is 18.7. The molecule has 0 saturated heterocycles. The van der Waals surface area contributed by atoms with Crippen molar-refractivity contribution >= 4 is 33.0 Å². The quantitative estimate of drug-likeness (QED) is 0.145. The maximum absolute atomic E-state index is 13.8. The van der Waals surface area contributed by atoms with Gasteiger partial charge in [0.2, 0.25) is 0 Å².